The van der Waals surface area contributed by atoms with E-state index in [1.807, 2.05) is 12.1 Å². The van der Waals surface area contributed by atoms with E-state index < -0.39 is 4.92 Å². The van der Waals surface area contributed by atoms with E-state index in [-0.39, 0.29) is 10.9 Å². The summed E-state index contributed by atoms with van der Waals surface area (Å²) in [6.07, 6.45) is 1.67. The Balaban J connectivity index is 1.56. The first-order chi connectivity index (χ1) is 14.4. The van der Waals surface area contributed by atoms with Crippen LogP contribution in [0.3, 0.4) is 0 Å². The Bertz CT molecular complexity index is 1190. The third kappa shape index (κ3) is 4.16. The highest BCUT2D eigenvalue weighted by atomic mass is 35.5. The van der Waals surface area contributed by atoms with Gasteiger partial charge in [-0.3, -0.25) is 19.8 Å². The van der Waals surface area contributed by atoms with Crippen molar-refractivity contribution in [3.63, 3.8) is 0 Å². The lowest BCUT2D eigenvalue weighted by molar-refractivity contribution is -0.384. The maximum absolute atomic E-state index is 12.4. The van der Waals surface area contributed by atoms with Crippen molar-refractivity contribution in [1.82, 2.24) is 4.90 Å². The summed E-state index contributed by atoms with van der Waals surface area (Å²) in [5.74, 6) is 0.821. The molecule has 1 fully saturated rings. The Morgan fingerprint density at radius 2 is 1.87 bits per heavy atom. The maximum atomic E-state index is 12.4. The Hall–Kier alpha value is -2.94. The third-order valence-corrected chi connectivity index (χ3v) is 6.14. The molecule has 0 bridgehead atoms. The largest absolute Gasteiger partial charge is 0.456 e. The van der Waals surface area contributed by atoms with Crippen molar-refractivity contribution in [3.05, 3.63) is 92.0 Å². The van der Waals surface area contributed by atoms with Crippen LogP contribution in [0.15, 0.2) is 70.0 Å². The molecular formula is C21H13ClN2O4S2. The van der Waals surface area contributed by atoms with E-state index in [1.165, 1.54) is 11.0 Å². The van der Waals surface area contributed by atoms with Crippen LogP contribution in [0.4, 0.5) is 10.5 Å². The number of benzene rings is 2. The van der Waals surface area contributed by atoms with Gasteiger partial charge in [0.2, 0.25) is 0 Å². The van der Waals surface area contributed by atoms with Gasteiger partial charge >= 0.3 is 0 Å². The van der Waals surface area contributed by atoms with E-state index in [1.54, 1.807) is 48.5 Å². The third-order valence-electron chi connectivity index (χ3n) is 4.39. The number of amides is 1. The van der Waals surface area contributed by atoms with Gasteiger partial charge < -0.3 is 4.42 Å². The second-order valence-electron chi connectivity index (χ2n) is 6.37. The molecule has 9 heteroatoms. The zero-order valence-corrected chi connectivity index (χ0v) is 17.7. The van der Waals surface area contributed by atoms with E-state index in [2.05, 4.69) is 0 Å². The number of rotatable bonds is 5. The van der Waals surface area contributed by atoms with Crippen LogP contribution in [-0.2, 0) is 6.54 Å². The predicted molar refractivity (Wildman–Crippen MR) is 121 cm³/mol. The van der Waals surface area contributed by atoms with E-state index in [9.17, 15) is 14.9 Å². The second-order valence-corrected chi connectivity index (χ2v) is 8.19. The van der Waals surface area contributed by atoms with Gasteiger partial charge in [0.25, 0.3) is 10.9 Å². The van der Waals surface area contributed by atoms with Gasteiger partial charge in [0.05, 0.1) is 21.9 Å². The topological polar surface area (TPSA) is 76.6 Å². The van der Waals surface area contributed by atoms with Crippen LogP contribution in [0.1, 0.15) is 11.3 Å². The highest BCUT2D eigenvalue weighted by molar-refractivity contribution is 8.19. The Morgan fingerprint density at radius 1 is 1.13 bits per heavy atom. The molecule has 0 atom stereocenters. The second kappa shape index (κ2) is 8.43. The van der Waals surface area contributed by atoms with Crippen molar-refractivity contribution >= 4 is 57.6 Å². The molecule has 1 amide bonds. The summed E-state index contributed by atoms with van der Waals surface area (Å²) in [5.41, 5.74) is 1.25. The lowest BCUT2D eigenvalue weighted by atomic mass is 10.1. The zero-order valence-electron chi connectivity index (χ0n) is 15.3. The molecule has 0 aliphatic carbocycles. The highest BCUT2D eigenvalue weighted by Crippen LogP contribution is 2.36. The minimum absolute atomic E-state index is 0.0406. The predicted octanol–water partition coefficient (Wildman–Crippen LogP) is 6.55. The molecule has 1 saturated heterocycles. The van der Waals surface area contributed by atoms with Gasteiger partial charge in [-0.15, -0.1) is 0 Å². The van der Waals surface area contributed by atoms with Gasteiger partial charge in [0.1, 0.15) is 16.5 Å². The van der Waals surface area contributed by atoms with Crippen LogP contribution in [0.2, 0.25) is 5.02 Å². The smallest absolute Gasteiger partial charge is 0.291 e. The number of nitro benzene ring substituents is 1. The summed E-state index contributed by atoms with van der Waals surface area (Å²) in [4.78, 5) is 25.7. The fraction of sp³-hybridized carbons (Fsp3) is 0.0476. The SMILES string of the molecule is O=C1S/C(=C\c2ccc(-c3ccccc3[N+](=O)[O-])o2)C(=S)N1Cc1ccc(Cl)cc1. The summed E-state index contributed by atoms with van der Waals surface area (Å²) < 4.78 is 5.77. The molecule has 3 aromatic rings. The molecular weight excluding hydrogens is 444 g/mol. The van der Waals surface area contributed by atoms with Crippen molar-refractivity contribution < 1.29 is 14.1 Å². The fourth-order valence-electron chi connectivity index (χ4n) is 2.95. The summed E-state index contributed by atoms with van der Waals surface area (Å²) >= 11 is 12.4. The molecule has 2 heterocycles. The van der Waals surface area contributed by atoms with Gasteiger partial charge in [0, 0.05) is 11.1 Å². The molecule has 1 aliphatic rings. The number of thiocarbonyl (C=S) groups is 1. The number of nitro groups is 1. The first-order valence-corrected chi connectivity index (χ1v) is 10.4. The Labute approximate surface area is 186 Å². The molecule has 0 N–H and O–H groups in total. The average Bonchev–Trinajstić information content (AvgIpc) is 3.30. The van der Waals surface area contributed by atoms with Crippen LogP contribution >= 0.6 is 35.6 Å². The molecule has 6 nitrogen and oxygen atoms in total. The molecule has 2 aromatic carbocycles. The van der Waals surface area contributed by atoms with Crippen LogP contribution in [0, 0.1) is 10.1 Å². The van der Waals surface area contributed by atoms with Crippen molar-refractivity contribution in [1.29, 1.82) is 0 Å². The first kappa shape index (κ1) is 20.3. The van der Waals surface area contributed by atoms with Crippen LogP contribution in [0.25, 0.3) is 17.4 Å². The van der Waals surface area contributed by atoms with Crippen LogP contribution in [-0.4, -0.2) is 20.1 Å². The number of halogens is 1. The van der Waals surface area contributed by atoms with Gasteiger partial charge in [-0.1, -0.05) is 48.1 Å². The van der Waals surface area contributed by atoms with Crippen molar-refractivity contribution in [3.8, 4) is 11.3 Å². The highest BCUT2D eigenvalue weighted by Gasteiger charge is 2.32. The summed E-state index contributed by atoms with van der Waals surface area (Å²) in [6.45, 7) is 0.346. The van der Waals surface area contributed by atoms with Gasteiger partial charge in [-0.05, 0) is 53.7 Å². The lowest BCUT2D eigenvalue weighted by Gasteiger charge is -2.14. The number of para-hydroxylation sites is 1. The molecule has 30 heavy (non-hydrogen) atoms. The Kier molecular flexibility index (Phi) is 5.72. The molecule has 150 valence electrons. The van der Waals surface area contributed by atoms with Crippen LogP contribution in [0.5, 0.6) is 0 Å². The lowest BCUT2D eigenvalue weighted by Crippen LogP contribution is -2.26. The first-order valence-electron chi connectivity index (χ1n) is 8.76. The Morgan fingerprint density at radius 3 is 2.60 bits per heavy atom. The monoisotopic (exact) mass is 456 g/mol. The minimum Gasteiger partial charge on any atom is -0.456 e. The number of carbonyl (C=O) groups excluding carboxylic acids is 1. The van der Waals surface area contributed by atoms with Crippen LogP contribution < -0.4 is 0 Å². The summed E-state index contributed by atoms with van der Waals surface area (Å²) in [6, 6.07) is 16.9. The molecule has 4 rings (SSSR count). The van der Waals surface area contributed by atoms with E-state index in [0.29, 0.717) is 38.5 Å². The maximum Gasteiger partial charge on any atom is 0.291 e. The number of furan rings is 1. The quantitative estimate of drug-likeness (QED) is 0.187. The number of nitrogens with zero attached hydrogens (tertiary/aromatic N) is 2. The van der Waals surface area contributed by atoms with Crippen molar-refractivity contribution in [2.45, 2.75) is 6.54 Å². The number of carbonyl (C=O) groups is 1. The van der Waals surface area contributed by atoms with E-state index in [4.69, 9.17) is 28.2 Å². The van der Waals surface area contributed by atoms with E-state index >= 15 is 0 Å². The van der Waals surface area contributed by atoms with Gasteiger partial charge in [-0.25, -0.2) is 0 Å². The minimum atomic E-state index is -0.453. The van der Waals surface area contributed by atoms with Crippen molar-refractivity contribution in [2.24, 2.45) is 0 Å². The standard InChI is InChI=1S/C21H13ClN2O4S2/c22-14-7-5-13(6-8-14)12-23-20(29)19(30-21(23)25)11-15-9-10-18(28-15)16-3-1-2-4-17(16)24(26)27/h1-11H,12H2/b19-11-. The molecule has 0 saturated carbocycles. The summed E-state index contributed by atoms with van der Waals surface area (Å²) in [5, 5.41) is 11.7. The van der Waals surface area contributed by atoms with Gasteiger partial charge in [-0.2, -0.15) is 0 Å². The van der Waals surface area contributed by atoms with E-state index in [0.717, 1.165) is 17.3 Å². The molecule has 0 radical (unpaired) electrons. The number of hydrogen-bond donors (Lipinski definition) is 0. The average molecular weight is 457 g/mol. The molecule has 0 unspecified atom stereocenters. The zero-order chi connectivity index (χ0) is 21.3. The molecule has 1 aromatic heterocycles. The number of thioether (sulfide) groups is 1. The number of hydrogen-bond acceptors (Lipinski definition) is 6. The molecule has 0 spiro atoms. The van der Waals surface area contributed by atoms with Crippen molar-refractivity contribution in [2.75, 3.05) is 0 Å². The van der Waals surface area contributed by atoms with Gasteiger partial charge in [0.15, 0.2) is 0 Å². The fourth-order valence-corrected chi connectivity index (χ4v) is 4.30. The molecule has 1 aliphatic heterocycles. The summed E-state index contributed by atoms with van der Waals surface area (Å²) in [7, 11) is 0. The normalized spacial score (nSPS) is 15.2.